The minimum atomic E-state index is -0.758. The Labute approximate surface area is 233 Å². The highest BCUT2D eigenvalue weighted by atomic mass is 32.1. The molecule has 2 aliphatic heterocycles. The third-order valence-electron chi connectivity index (χ3n) is 6.54. The Balaban J connectivity index is 1.50. The summed E-state index contributed by atoms with van der Waals surface area (Å²) in [6.07, 6.45) is -0.0628. The molecule has 2 heterocycles. The summed E-state index contributed by atoms with van der Waals surface area (Å²) < 4.78 is 15.9. The Morgan fingerprint density at radius 1 is 1.00 bits per heavy atom. The second-order valence-corrected chi connectivity index (χ2v) is 9.46. The van der Waals surface area contributed by atoms with Crippen LogP contribution >= 0.6 is 12.2 Å². The molecule has 1 atom stereocenters. The van der Waals surface area contributed by atoms with Crippen LogP contribution in [0.5, 0.6) is 5.75 Å². The molecule has 4 rings (SSSR count). The van der Waals surface area contributed by atoms with Gasteiger partial charge in [0.1, 0.15) is 11.8 Å². The van der Waals surface area contributed by atoms with Gasteiger partial charge < -0.3 is 24.4 Å². The summed E-state index contributed by atoms with van der Waals surface area (Å²) in [5.74, 6) is -0.301. The summed E-state index contributed by atoms with van der Waals surface area (Å²) in [7, 11) is 0. The van der Waals surface area contributed by atoms with Crippen molar-refractivity contribution in [2.75, 3.05) is 62.8 Å². The Kier molecular flexibility index (Phi) is 9.85. The van der Waals surface area contributed by atoms with Crippen molar-refractivity contribution in [2.24, 2.45) is 0 Å². The fourth-order valence-corrected chi connectivity index (χ4v) is 4.96. The molecular weight excluding hydrogens is 520 g/mol. The first-order valence-corrected chi connectivity index (χ1v) is 13.6. The number of hydrogen-bond donors (Lipinski definition) is 1. The molecule has 2 amide bonds. The average molecular weight is 555 g/mol. The third kappa shape index (κ3) is 7.11. The third-order valence-corrected chi connectivity index (χ3v) is 6.96. The zero-order valence-electron chi connectivity index (χ0n) is 22.3. The molecular formula is C28H34N4O6S. The molecule has 0 aliphatic carbocycles. The van der Waals surface area contributed by atoms with Crippen LogP contribution in [0.15, 0.2) is 48.5 Å². The molecule has 0 aromatic heterocycles. The normalized spacial score (nSPS) is 17.8. The van der Waals surface area contributed by atoms with E-state index < -0.39 is 12.0 Å². The second kappa shape index (κ2) is 13.5. The van der Waals surface area contributed by atoms with Gasteiger partial charge in [-0.15, -0.1) is 0 Å². The van der Waals surface area contributed by atoms with Gasteiger partial charge in [-0.25, -0.2) is 4.79 Å². The van der Waals surface area contributed by atoms with Crippen molar-refractivity contribution >= 4 is 46.5 Å². The number of carbonyl (C=O) groups excluding carboxylic acids is 3. The van der Waals surface area contributed by atoms with Gasteiger partial charge in [-0.1, -0.05) is 0 Å². The van der Waals surface area contributed by atoms with Gasteiger partial charge in [0.05, 0.1) is 44.1 Å². The number of esters is 1. The summed E-state index contributed by atoms with van der Waals surface area (Å²) in [5.41, 5.74) is 1.53. The maximum absolute atomic E-state index is 13.7. The van der Waals surface area contributed by atoms with Crippen LogP contribution in [0.25, 0.3) is 0 Å². The lowest BCUT2D eigenvalue weighted by atomic mass is 10.1. The summed E-state index contributed by atoms with van der Waals surface area (Å²) in [5, 5.41) is 3.20. The SMILES string of the molecule is CCOC(=O)c1ccc(N2C(=O)C(CC(=O)Nc3ccc(OCC)cc3)N(CCN3CCOCC3)C2=S)cc1. The lowest BCUT2D eigenvalue weighted by molar-refractivity contribution is -0.124. The van der Waals surface area contributed by atoms with Crippen LogP contribution in [0, 0.1) is 0 Å². The number of morpholine rings is 1. The van der Waals surface area contributed by atoms with E-state index in [2.05, 4.69) is 10.2 Å². The van der Waals surface area contributed by atoms with Gasteiger partial charge in [0, 0.05) is 31.9 Å². The Hall–Kier alpha value is -3.54. The van der Waals surface area contributed by atoms with E-state index in [1.165, 1.54) is 4.90 Å². The molecule has 10 nitrogen and oxygen atoms in total. The van der Waals surface area contributed by atoms with E-state index in [0.29, 0.717) is 60.7 Å². The van der Waals surface area contributed by atoms with Gasteiger partial charge >= 0.3 is 5.97 Å². The van der Waals surface area contributed by atoms with Crippen LogP contribution in [0.3, 0.4) is 0 Å². The maximum atomic E-state index is 13.7. The Morgan fingerprint density at radius 2 is 1.69 bits per heavy atom. The Morgan fingerprint density at radius 3 is 2.33 bits per heavy atom. The summed E-state index contributed by atoms with van der Waals surface area (Å²) in [4.78, 5) is 44.3. The topological polar surface area (TPSA) is 101 Å². The highest BCUT2D eigenvalue weighted by molar-refractivity contribution is 7.80. The van der Waals surface area contributed by atoms with Crippen molar-refractivity contribution in [3.8, 4) is 5.75 Å². The van der Waals surface area contributed by atoms with Gasteiger partial charge in [-0.3, -0.25) is 19.4 Å². The lowest BCUT2D eigenvalue weighted by Gasteiger charge is -2.30. The number of rotatable bonds is 11. The molecule has 2 aromatic carbocycles. The summed E-state index contributed by atoms with van der Waals surface area (Å²) in [6, 6.07) is 12.9. The minimum absolute atomic E-state index is 0.0628. The number of anilines is 2. The predicted octanol–water partition coefficient (Wildman–Crippen LogP) is 2.93. The number of nitrogens with zero attached hydrogens (tertiary/aromatic N) is 3. The van der Waals surface area contributed by atoms with Crippen LogP contribution in [0.4, 0.5) is 11.4 Å². The summed E-state index contributed by atoms with van der Waals surface area (Å²) >= 11 is 5.76. The van der Waals surface area contributed by atoms with E-state index in [1.54, 1.807) is 55.5 Å². The number of nitrogens with one attached hydrogen (secondary N) is 1. The van der Waals surface area contributed by atoms with Crippen molar-refractivity contribution in [3.63, 3.8) is 0 Å². The van der Waals surface area contributed by atoms with E-state index in [0.717, 1.165) is 13.1 Å². The van der Waals surface area contributed by atoms with E-state index in [1.807, 2.05) is 11.8 Å². The fourth-order valence-electron chi connectivity index (χ4n) is 4.55. The maximum Gasteiger partial charge on any atom is 0.338 e. The van der Waals surface area contributed by atoms with Gasteiger partial charge in [-0.05, 0) is 74.6 Å². The van der Waals surface area contributed by atoms with Crippen molar-refractivity contribution in [3.05, 3.63) is 54.1 Å². The lowest BCUT2D eigenvalue weighted by Crippen LogP contribution is -2.45. The van der Waals surface area contributed by atoms with Crippen molar-refractivity contribution in [2.45, 2.75) is 26.3 Å². The molecule has 1 N–H and O–H groups in total. The highest BCUT2D eigenvalue weighted by Crippen LogP contribution is 2.28. The number of amides is 2. The van der Waals surface area contributed by atoms with Crippen molar-refractivity contribution in [1.29, 1.82) is 0 Å². The molecule has 208 valence electrons. The monoisotopic (exact) mass is 554 g/mol. The van der Waals surface area contributed by atoms with Gasteiger partial charge in [0.2, 0.25) is 5.91 Å². The molecule has 0 saturated carbocycles. The molecule has 2 aromatic rings. The average Bonchev–Trinajstić information content (AvgIpc) is 3.17. The van der Waals surface area contributed by atoms with E-state index >= 15 is 0 Å². The van der Waals surface area contributed by atoms with E-state index in [4.69, 9.17) is 26.4 Å². The van der Waals surface area contributed by atoms with Gasteiger partial charge in [-0.2, -0.15) is 0 Å². The van der Waals surface area contributed by atoms with Crippen LogP contribution in [0.1, 0.15) is 30.6 Å². The van der Waals surface area contributed by atoms with Crippen LogP contribution in [-0.2, 0) is 19.1 Å². The first-order chi connectivity index (χ1) is 18.9. The first-order valence-electron chi connectivity index (χ1n) is 13.2. The molecule has 2 aliphatic rings. The summed E-state index contributed by atoms with van der Waals surface area (Å²) in [6.45, 7) is 8.57. The highest BCUT2D eigenvalue weighted by Gasteiger charge is 2.44. The Bertz CT molecular complexity index is 1170. The van der Waals surface area contributed by atoms with E-state index in [-0.39, 0.29) is 24.8 Å². The first kappa shape index (κ1) is 28.5. The molecule has 2 fully saturated rings. The molecule has 0 radical (unpaired) electrons. The molecule has 39 heavy (non-hydrogen) atoms. The quantitative estimate of drug-likeness (QED) is 0.332. The van der Waals surface area contributed by atoms with Gasteiger partial charge in [0.25, 0.3) is 5.91 Å². The molecule has 0 bridgehead atoms. The number of hydrogen-bond acceptors (Lipinski definition) is 8. The minimum Gasteiger partial charge on any atom is -0.494 e. The predicted molar refractivity (Wildman–Crippen MR) is 151 cm³/mol. The molecule has 1 unspecified atom stereocenters. The van der Waals surface area contributed by atoms with Crippen molar-refractivity contribution in [1.82, 2.24) is 9.80 Å². The molecule has 11 heteroatoms. The van der Waals surface area contributed by atoms with Crippen molar-refractivity contribution < 1.29 is 28.6 Å². The number of benzene rings is 2. The number of ether oxygens (including phenoxy) is 3. The zero-order valence-corrected chi connectivity index (χ0v) is 23.1. The fraction of sp³-hybridized carbons (Fsp3) is 0.429. The smallest absolute Gasteiger partial charge is 0.338 e. The van der Waals surface area contributed by atoms with Gasteiger partial charge in [0.15, 0.2) is 5.11 Å². The van der Waals surface area contributed by atoms with E-state index in [9.17, 15) is 14.4 Å². The standard InChI is InChI=1S/C28H34N4O6S/c1-3-37-23-11-7-21(8-12-23)29-25(33)19-24-26(34)32(22-9-5-20(6-10-22)27(35)38-4-2)28(39)31(24)14-13-30-15-17-36-18-16-30/h5-12,24H,3-4,13-19H2,1-2H3,(H,29,33). The van der Waals surface area contributed by atoms with Crippen LogP contribution < -0.4 is 15.0 Å². The number of carbonyl (C=O) groups is 3. The largest absolute Gasteiger partial charge is 0.494 e. The second-order valence-electron chi connectivity index (χ2n) is 9.10. The zero-order chi connectivity index (χ0) is 27.8. The van der Waals surface area contributed by atoms with Crippen LogP contribution in [0.2, 0.25) is 0 Å². The molecule has 0 spiro atoms. The molecule has 2 saturated heterocycles. The van der Waals surface area contributed by atoms with Crippen LogP contribution in [-0.4, -0.2) is 91.3 Å². The number of thiocarbonyl (C=S) groups is 1.